The molecule has 2 rings (SSSR count). The lowest BCUT2D eigenvalue weighted by molar-refractivity contribution is -0.130. The zero-order valence-corrected chi connectivity index (χ0v) is 18.8. The molecule has 4 N–H and O–H groups in total. The Balaban J connectivity index is 1.93. The van der Waals surface area contributed by atoms with E-state index in [0.717, 1.165) is 12.3 Å². The van der Waals surface area contributed by atoms with Crippen molar-refractivity contribution in [2.75, 3.05) is 11.9 Å². The van der Waals surface area contributed by atoms with Crippen molar-refractivity contribution in [3.63, 3.8) is 0 Å². The highest BCUT2D eigenvalue weighted by molar-refractivity contribution is 5.83. The predicted molar refractivity (Wildman–Crippen MR) is 117 cm³/mol. The van der Waals surface area contributed by atoms with Crippen LogP contribution in [0.3, 0.4) is 0 Å². The number of nitrogens with one attached hydrogen (secondary N) is 3. The number of aryl methyl sites for hydroxylation is 2. The highest BCUT2D eigenvalue weighted by atomic mass is 19.1. The van der Waals surface area contributed by atoms with Gasteiger partial charge < -0.3 is 10.6 Å². The van der Waals surface area contributed by atoms with Crippen molar-refractivity contribution in [3.05, 3.63) is 58.7 Å². The molecule has 2 atom stereocenters. The van der Waals surface area contributed by atoms with Gasteiger partial charge in [-0.1, -0.05) is 13.8 Å². The molecule has 6 nitrogen and oxygen atoms in total. The molecule has 0 unspecified atom stereocenters. The van der Waals surface area contributed by atoms with Crippen molar-refractivity contribution < 1.29 is 23.2 Å². The summed E-state index contributed by atoms with van der Waals surface area (Å²) in [7, 11) is 0. The van der Waals surface area contributed by atoms with E-state index in [1.54, 1.807) is 31.5 Å². The van der Waals surface area contributed by atoms with Gasteiger partial charge in [-0.2, -0.15) is 0 Å². The van der Waals surface area contributed by atoms with Crippen LogP contribution in [-0.4, -0.2) is 28.7 Å². The van der Waals surface area contributed by atoms with E-state index in [-0.39, 0.29) is 23.5 Å². The van der Waals surface area contributed by atoms with Gasteiger partial charge in [0.15, 0.2) is 0 Å². The van der Waals surface area contributed by atoms with Crippen LogP contribution in [-0.2, 0) is 4.79 Å². The Morgan fingerprint density at radius 1 is 1.09 bits per heavy atom. The second kappa shape index (κ2) is 11.8. The third-order valence-electron chi connectivity index (χ3n) is 5.29. The molecule has 0 aliphatic rings. The van der Waals surface area contributed by atoms with E-state index in [1.807, 2.05) is 13.8 Å². The van der Waals surface area contributed by atoms with Gasteiger partial charge in [-0.05, 0) is 68.8 Å². The maximum atomic E-state index is 14.1. The summed E-state index contributed by atoms with van der Waals surface area (Å²) in [6, 6.07) is 2.96. The molecule has 0 saturated carbocycles. The largest absolute Gasteiger partial charge is 0.374 e. The van der Waals surface area contributed by atoms with E-state index >= 15 is 0 Å². The first-order chi connectivity index (χ1) is 15.1. The number of hydrogen-bond acceptors (Lipinski definition) is 5. The summed E-state index contributed by atoms with van der Waals surface area (Å²) in [5.41, 5.74) is 3.34. The number of benzene rings is 1. The second-order valence-electron chi connectivity index (χ2n) is 8.29. The SMILES string of the molecule is Cc1cc(N[C@H](CCCCN[C@@H](c2ncc(F)cc2F)C(C)C)C(=O)NO)cc(C)c1F. The fourth-order valence-electron chi connectivity index (χ4n) is 3.61. The Labute approximate surface area is 186 Å². The molecule has 9 heteroatoms. The Morgan fingerprint density at radius 3 is 2.31 bits per heavy atom. The smallest absolute Gasteiger partial charge is 0.265 e. The van der Waals surface area contributed by atoms with Crippen LogP contribution < -0.4 is 16.1 Å². The van der Waals surface area contributed by atoms with Crippen LogP contribution in [0.1, 0.15) is 56.0 Å². The molecule has 2 aromatic rings. The number of hydrogen-bond donors (Lipinski definition) is 4. The van der Waals surface area contributed by atoms with Crippen LogP contribution in [0.15, 0.2) is 24.4 Å². The lowest BCUT2D eigenvalue weighted by Gasteiger charge is -2.23. The van der Waals surface area contributed by atoms with Gasteiger partial charge in [0.25, 0.3) is 5.91 Å². The number of halogens is 3. The van der Waals surface area contributed by atoms with Crippen molar-refractivity contribution in [1.82, 2.24) is 15.8 Å². The third kappa shape index (κ3) is 6.93. The average Bonchev–Trinajstić information content (AvgIpc) is 2.73. The van der Waals surface area contributed by atoms with Crippen LogP contribution in [0.4, 0.5) is 18.9 Å². The summed E-state index contributed by atoms with van der Waals surface area (Å²) in [5, 5.41) is 15.4. The summed E-state index contributed by atoms with van der Waals surface area (Å²) >= 11 is 0. The number of carbonyl (C=O) groups excluding carboxylic acids is 1. The quantitative estimate of drug-likeness (QED) is 0.228. The van der Waals surface area contributed by atoms with E-state index < -0.39 is 23.6 Å². The number of pyridine rings is 1. The Bertz CT molecular complexity index is 901. The molecule has 0 spiro atoms. The Hall–Kier alpha value is -2.65. The normalized spacial score (nSPS) is 13.2. The van der Waals surface area contributed by atoms with Gasteiger partial charge in [-0.15, -0.1) is 0 Å². The van der Waals surface area contributed by atoms with E-state index in [0.29, 0.717) is 42.6 Å². The second-order valence-corrected chi connectivity index (χ2v) is 8.29. The van der Waals surface area contributed by atoms with Gasteiger partial charge >= 0.3 is 0 Å². The summed E-state index contributed by atoms with van der Waals surface area (Å²) in [6.07, 6.45) is 2.71. The number of carbonyl (C=O) groups is 1. The topological polar surface area (TPSA) is 86.3 Å². The summed E-state index contributed by atoms with van der Waals surface area (Å²) in [6.45, 7) is 7.65. The molecule has 0 aliphatic carbocycles. The van der Waals surface area contributed by atoms with Crippen LogP contribution in [0.25, 0.3) is 0 Å². The lowest BCUT2D eigenvalue weighted by Crippen LogP contribution is -2.38. The standard InChI is InChI=1S/C23H31F3N4O2/c1-13(2)21(22-18(25)11-16(24)12-28-22)27-8-6-5-7-19(23(31)30-32)29-17-9-14(3)20(26)15(4)10-17/h9-13,19,21,27,29,32H,5-8H2,1-4H3,(H,30,31)/t19-,21-/m1/s1. The highest BCUT2D eigenvalue weighted by Gasteiger charge is 2.22. The summed E-state index contributed by atoms with van der Waals surface area (Å²) in [5.74, 6) is -2.26. The zero-order valence-electron chi connectivity index (χ0n) is 18.8. The molecular weight excluding hydrogens is 421 g/mol. The first-order valence-corrected chi connectivity index (χ1v) is 10.7. The van der Waals surface area contributed by atoms with Gasteiger partial charge in [0.2, 0.25) is 0 Å². The van der Waals surface area contributed by atoms with Crippen molar-refractivity contribution in [2.24, 2.45) is 5.92 Å². The zero-order chi connectivity index (χ0) is 23.8. The van der Waals surface area contributed by atoms with Crippen LogP contribution in [0.5, 0.6) is 0 Å². The minimum atomic E-state index is -0.721. The lowest BCUT2D eigenvalue weighted by atomic mass is 9.99. The average molecular weight is 453 g/mol. The van der Waals surface area contributed by atoms with E-state index in [2.05, 4.69) is 15.6 Å². The minimum absolute atomic E-state index is 0.0296. The Morgan fingerprint density at radius 2 is 1.75 bits per heavy atom. The molecule has 1 amide bonds. The Kier molecular flexibility index (Phi) is 9.46. The maximum Gasteiger partial charge on any atom is 0.265 e. The van der Waals surface area contributed by atoms with E-state index in [4.69, 9.17) is 5.21 Å². The molecule has 1 aromatic heterocycles. The number of rotatable bonds is 11. The van der Waals surface area contributed by atoms with E-state index in [1.165, 1.54) is 0 Å². The molecule has 0 bridgehead atoms. The molecule has 176 valence electrons. The number of anilines is 1. The molecule has 0 aliphatic heterocycles. The molecule has 0 radical (unpaired) electrons. The molecule has 32 heavy (non-hydrogen) atoms. The summed E-state index contributed by atoms with van der Waals surface area (Å²) in [4.78, 5) is 16.0. The fourth-order valence-corrected chi connectivity index (χ4v) is 3.61. The summed E-state index contributed by atoms with van der Waals surface area (Å²) < 4.78 is 41.1. The first-order valence-electron chi connectivity index (χ1n) is 10.7. The number of nitrogens with zero attached hydrogens (tertiary/aromatic N) is 1. The highest BCUT2D eigenvalue weighted by Crippen LogP contribution is 2.23. The minimum Gasteiger partial charge on any atom is -0.374 e. The predicted octanol–water partition coefficient (Wildman–Crippen LogP) is 4.56. The van der Waals surface area contributed by atoms with Gasteiger partial charge in [0, 0.05) is 11.8 Å². The molecule has 0 fully saturated rings. The maximum absolute atomic E-state index is 14.1. The monoisotopic (exact) mass is 452 g/mol. The van der Waals surface area contributed by atoms with Gasteiger partial charge in [0.05, 0.1) is 17.9 Å². The molecular formula is C23H31F3N4O2. The third-order valence-corrected chi connectivity index (χ3v) is 5.29. The number of unbranched alkanes of at least 4 members (excludes halogenated alkanes) is 1. The van der Waals surface area contributed by atoms with Crippen molar-refractivity contribution in [1.29, 1.82) is 0 Å². The molecule has 1 aromatic carbocycles. The van der Waals surface area contributed by atoms with E-state index in [9.17, 15) is 18.0 Å². The van der Waals surface area contributed by atoms with Gasteiger partial charge in [-0.3, -0.25) is 15.0 Å². The van der Waals surface area contributed by atoms with Crippen molar-refractivity contribution in [3.8, 4) is 0 Å². The number of hydroxylamine groups is 1. The van der Waals surface area contributed by atoms with Crippen LogP contribution in [0, 0.1) is 37.2 Å². The number of aromatic nitrogens is 1. The molecule has 1 heterocycles. The van der Waals surface area contributed by atoms with Crippen LogP contribution in [0.2, 0.25) is 0 Å². The fraction of sp³-hybridized carbons (Fsp3) is 0.478. The van der Waals surface area contributed by atoms with Crippen LogP contribution >= 0.6 is 0 Å². The van der Waals surface area contributed by atoms with Gasteiger partial charge in [-0.25, -0.2) is 18.7 Å². The van der Waals surface area contributed by atoms with Crippen molar-refractivity contribution in [2.45, 2.75) is 59.0 Å². The molecule has 0 saturated heterocycles. The first kappa shape index (κ1) is 25.6. The van der Waals surface area contributed by atoms with Gasteiger partial charge in [0.1, 0.15) is 23.5 Å². The number of amides is 1. The van der Waals surface area contributed by atoms with Crippen molar-refractivity contribution >= 4 is 11.6 Å².